The molecule has 1 heterocycles. The lowest BCUT2D eigenvalue weighted by molar-refractivity contribution is 0.0918. The maximum atomic E-state index is 13.8. The fourth-order valence-electron chi connectivity index (χ4n) is 4.12. The zero-order valence-corrected chi connectivity index (χ0v) is 17.9. The molecule has 0 saturated heterocycles. The van der Waals surface area contributed by atoms with Crippen LogP contribution in [0.3, 0.4) is 0 Å². The van der Waals surface area contributed by atoms with E-state index in [0.717, 1.165) is 5.56 Å². The quantitative estimate of drug-likeness (QED) is 0.418. The number of thiophene rings is 1. The number of rotatable bonds is 4. The lowest BCUT2D eigenvalue weighted by Crippen LogP contribution is -2.31. The molecule has 0 N–H and O–H groups in total. The van der Waals surface area contributed by atoms with Crippen LogP contribution in [0, 0.1) is 11.3 Å². The van der Waals surface area contributed by atoms with E-state index in [1.54, 1.807) is 11.3 Å². The van der Waals surface area contributed by atoms with Crippen molar-refractivity contribution in [3.63, 3.8) is 0 Å². The SMILES string of the molecule is CC(C)(C)C1=CC(c2cccs2)=CC(c2ccccc2)C1C(=O)c1ccccc1. The van der Waals surface area contributed by atoms with Gasteiger partial charge in [-0.1, -0.05) is 105 Å². The van der Waals surface area contributed by atoms with E-state index in [2.05, 4.69) is 74.7 Å². The van der Waals surface area contributed by atoms with Crippen LogP contribution in [0.2, 0.25) is 0 Å². The summed E-state index contributed by atoms with van der Waals surface area (Å²) in [6.45, 7) is 6.64. The number of hydrogen-bond acceptors (Lipinski definition) is 2. The smallest absolute Gasteiger partial charge is 0.170 e. The van der Waals surface area contributed by atoms with Crippen LogP contribution in [-0.4, -0.2) is 5.78 Å². The zero-order valence-electron chi connectivity index (χ0n) is 17.1. The second kappa shape index (κ2) is 7.96. The Morgan fingerprint density at radius 1 is 0.862 bits per heavy atom. The highest BCUT2D eigenvalue weighted by Crippen LogP contribution is 2.47. The summed E-state index contributed by atoms with van der Waals surface area (Å²) < 4.78 is 0. The first-order valence-electron chi connectivity index (χ1n) is 10.1. The van der Waals surface area contributed by atoms with Crippen LogP contribution in [0.15, 0.2) is 95.9 Å². The molecule has 0 saturated carbocycles. The third kappa shape index (κ3) is 4.04. The summed E-state index contributed by atoms with van der Waals surface area (Å²) in [5.41, 5.74) is 4.27. The molecule has 2 heteroatoms. The minimum Gasteiger partial charge on any atom is -0.293 e. The lowest BCUT2D eigenvalue weighted by atomic mass is 9.65. The molecule has 146 valence electrons. The van der Waals surface area contributed by atoms with Gasteiger partial charge in [0.25, 0.3) is 0 Å². The second-order valence-corrected chi connectivity index (χ2v) is 9.54. The maximum Gasteiger partial charge on any atom is 0.170 e. The summed E-state index contributed by atoms with van der Waals surface area (Å²) in [6.07, 6.45) is 4.55. The number of ketones is 1. The van der Waals surface area contributed by atoms with Gasteiger partial charge in [0.15, 0.2) is 5.78 Å². The van der Waals surface area contributed by atoms with Crippen molar-refractivity contribution in [3.8, 4) is 0 Å². The number of carbonyl (C=O) groups is 1. The van der Waals surface area contributed by atoms with Crippen molar-refractivity contribution >= 4 is 22.7 Å². The number of allylic oxidation sites excluding steroid dienone is 4. The number of carbonyl (C=O) groups excluding carboxylic acids is 1. The van der Waals surface area contributed by atoms with E-state index in [0.29, 0.717) is 0 Å². The summed E-state index contributed by atoms with van der Waals surface area (Å²) in [4.78, 5) is 15.0. The van der Waals surface area contributed by atoms with Crippen LogP contribution >= 0.6 is 11.3 Å². The minimum absolute atomic E-state index is 0.0141. The molecule has 2 unspecified atom stereocenters. The molecule has 0 fully saturated rings. The molecule has 0 amide bonds. The van der Waals surface area contributed by atoms with Gasteiger partial charge in [-0.25, -0.2) is 0 Å². The molecule has 29 heavy (non-hydrogen) atoms. The van der Waals surface area contributed by atoms with Crippen LogP contribution in [0.1, 0.15) is 47.5 Å². The van der Waals surface area contributed by atoms with Crippen LogP contribution in [-0.2, 0) is 0 Å². The van der Waals surface area contributed by atoms with Crippen molar-refractivity contribution in [2.24, 2.45) is 11.3 Å². The predicted octanol–water partition coefficient (Wildman–Crippen LogP) is 7.40. The Morgan fingerprint density at radius 3 is 2.10 bits per heavy atom. The van der Waals surface area contributed by atoms with Crippen molar-refractivity contribution < 1.29 is 4.79 Å². The van der Waals surface area contributed by atoms with Gasteiger partial charge in [0.2, 0.25) is 0 Å². The molecule has 2 aromatic carbocycles. The zero-order chi connectivity index (χ0) is 20.4. The molecular formula is C27H26OS. The highest BCUT2D eigenvalue weighted by atomic mass is 32.1. The summed E-state index contributed by atoms with van der Waals surface area (Å²) in [5.74, 6) is 0.00542. The van der Waals surface area contributed by atoms with E-state index in [1.165, 1.54) is 21.6 Å². The molecule has 1 aromatic heterocycles. The van der Waals surface area contributed by atoms with Crippen LogP contribution < -0.4 is 0 Å². The highest BCUT2D eigenvalue weighted by Gasteiger charge is 2.39. The van der Waals surface area contributed by atoms with Crippen molar-refractivity contribution in [1.82, 2.24) is 0 Å². The van der Waals surface area contributed by atoms with Crippen molar-refractivity contribution in [2.75, 3.05) is 0 Å². The molecular weight excluding hydrogens is 372 g/mol. The standard InChI is InChI=1S/C27H26OS/c1-27(2,3)23-18-21(24-15-10-16-29-24)17-22(19-11-6-4-7-12-19)25(23)26(28)20-13-8-5-9-14-20/h4-18,22,25H,1-3H3. The third-order valence-corrected chi connectivity index (χ3v) is 6.48. The van der Waals surface area contributed by atoms with E-state index in [4.69, 9.17) is 0 Å². The van der Waals surface area contributed by atoms with Gasteiger partial charge in [0, 0.05) is 16.4 Å². The summed E-state index contributed by atoms with van der Waals surface area (Å²) >= 11 is 1.75. The first-order valence-corrected chi connectivity index (χ1v) is 10.9. The number of benzene rings is 2. The topological polar surface area (TPSA) is 17.1 Å². The average molecular weight is 399 g/mol. The van der Waals surface area contributed by atoms with E-state index >= 15 is 0 Å². The minimum atomic E-state index is -0.205. The molecule has 0 aliphatic heterocycles. The first kappa shape index (κ1) is 19.6. The van der Waals surface area contributed by atoms with Crippen molar-refractivity contribution in [2.45, 2.75) is 26.7 Å². The van der Waals surface area contributed by atoms with Gasteiger partial charge in [0.05, 0.1) is 5.92 Å². The van der Waals surface area contributed by atoms with Crippen molar-refractivity contribution in [1.29, 1.82) is 0 Å². The molecule has 2 atom stereocenters. The molecule has 3 aromatic rings. The van der Waals surface area contributed by atoms with Gasteiger partial charge in [-0.3, -0.25) is 4.79 Å². The molecule has 1 aliphatic rings. The summed E-state index contributed by atoms with van der Waals surface area (Å²) in [6, 6.07) is 24.4. The average Bonchev–Trinajstić information content (AvgIpc) is 3.28. The second-order valence-electron chi connectivity index (χ2n) is 8.59. The molecule has 0 radical (unpaired) electrons. The van der Waals surface area contributed by atoms with Crippen LogP contribution in [0.5, 0.6) is 0 Å². The largest absolute Gasteiger partial charge is 0.293 e. The Balaban J connectivity index is 1.90. The fraction of sp³-hybridized carbons (Fsp3) is 0.222. The van der Waals surface area contributed by atoms with Gasteiger partial charge >= 0.3 is 0 Å². The van der Waals surface area contributed by atoms with Gasteiger partial charge < -0.3 is 0 Å². The molecule has 0 bridgehead atoms. The van der Waals surface area contributed by atoms with Gasteiger partial charge in [0.1, 0.15) is 0 Å². The maximum absolute atomic E-state index is 13.8. The third-order valence-electron chi connectivity index (χ3n) is 5.56. The Bertz CT molecular complexity index is 1030. The lowest BCUT2D eigenvalue weighted by Gasteiger charge is -2.37. The first-order chi connectivity index (χ1) is 13.9. The summed E-state index contributed by atoms with van der Waals surface area (Å²) in [5, 5.41) is 2.11. The van der Waals surface area contributed by atoms with E-state index < -0.39 is 0 Å². The Labute approximate surface area is 177 Å². The van der Waals surface area contributed by atoms with Gasteiger partial charge in [-0.05, 0) is 28.0 Å². The summed E-state index contributed by atoms with van der Waals surface area (Å²) in [7, 11) is 0. The Kier molecular flexibility index (Phi) is 5.38. The fourth-order valence-corrected chi connectivity index (χ4v) is 4.84. The van der Waals surface area contributed by atoms with E-state index in [1.807, 2.05) is 36.4 Å². The number of Topliss-reactive ketones (excluding diaryl/α,β-unsaturated/α-hetero) is 1. The predicted molar refractivity (Wildman–Crippen MR) is 123 cm³/mol. The van der Waals surface area contributed by atoms with E-state index in [-0.39, 0.29) is 23.0 Å². The molecule has 4 rings (SSSR count). The molecule has 0 spiro atoms. The highest BCUT2D eigenvalue weighted by molar-refractivity contribution is 7.11. The van der Waals surface area contributed by atoms with Crippen molar-refractivity contribution in [3.05, 3.63) is 112 Å². The molecule has 1 aliphatic carbocycles. The normalized spacial score (nSPS) is 19.4. The Morgan fingerprint density at radius 2 is 1.52 bits per heavy atom. The Hall–Kier alpha value is -2.71. The van der Waals surface area contributed by atoms with Crippen LogP contribution in [0.25, 0.3) is 5.57 Å². The van der Waals surface area contributed by atoms with Crippen LogP contribution in [0.4, 0.5) is 0 Å². The number of hydrogen-bond donors (Lipinski definition) is 0. The van der Waals surface area contributed by atoms with Gasteiger partial charge in [-0.2, -0.15) is 0 Å². The van der Waals surface area contributed by atoms with Gasteiger partial charge in [-0.15, -0.1) is 11.3 Å². The molecule has 1 nitrogen and oxygen atoms in total. The van der Waals surface area contributed by atoms with E-state index in [9.17, 15) is 4.79 Å². The monoisotopic (exact) mass is 398 g/mol.